The molecule has 2 heteroatoms. The minimum Gasteiger partial charge on any atom is -0.492 e. The maximum Gasteiger partial charge on any atom is 0.140 e. The van der Waals surface area contributed by atoms with E-state index in [0.29, 0.717) is 12.5 Å². The fourth-order valence-electron chi connectivity index (χ4n) is 1.20. The van der Waals surface area contributed by atoms with Crippen molar-refractivity contribution in [3.8, 4) is 5.75 Å². The molecule has 1 aromatic heterocycles. The quantitative estimate of drug-likeness (QED) is 0.711. The van der Waals surface area contributed by atoms with Gasteiger partial charge >= 0.3 is 0 Å². The Bertz CT molecular complexity index is 281. The van der Waals surface area contributed by atoms with Crippen molar-refractivity contribution in [3.63, 3.8) is 0 Å². The van der Waals surface area contributed by atoms with Gasteiger partial charge in [0.2, 0.25) is 0 Å². The van der Waals surface area contributed by atoms with Crippen LogP contribution in [0.25, 0.3) is 0 Å². The molecular formula is C11H17NO. The predicted octanol–water partition coefficient (Wildman–Crippen LogP) is 2.91. The first-order valence-electron chi connectivity index (χ1n) is 4.75. The van der Waals surface area contributed by atoms with Crippen LogP contribution < -0.4 is 4.74 Å². The number of aryl methyl sites for hydroxylation is 1. The highest BCUT2D eigenvalue weighted by molar-refractivity contribution is 5.29. The molecule has 0 aliphatic rings. The molecule has 0 fully saturated rings. The summed E-state index contributed by atoms with van der Waals surface area (Å²) in [5.74, 6) is 1.38. The normalized spacial score (nSPS) is 10.5. The molecule has 1 heterocycles. The number of aromatic nitrogens is 1. The van der Waals surface area contributed by atoms with Crippen LogP contribution in [0.15, 0.2) is 12.1 Å². The minimum absolute atomic E-state index is 0.481. The topological polar surface area (TPSA) is 22.1 Å². The molecular weight excluding hydrogens is 162 g/mol. The van der Waals surface area contributed by atoms with Crippen LogP contribution in [-0.4, -0.2) is 11.6 Å². The fourth-order valence-corrected chi connectivity index (χ4v) is 1.20. The van der Waals surface area contributed by atoms with Crippen LogP contribution in [0.5, 0.6) is 5.75 Å². The Labute approximate surface area is 80.0 Å². The molecule has 0 aliphatic carbocycles. The van der Waals surface area contributed by atoms with Crippen molar-refractivity contribution in [1.29, 1.82) is 0 Å². The van der Waals surface area contributed by atoms with E-state index in [2.05, 4.69) is 18.8 Å². The molecule has 2 nitrogen and oxygen atoms in total. The van der Waals surface area contributed by atoms with Crippen molar-refractivity contribution in [1.82, 2.24) is 4.98 Å². The molecule has 0 saturated heterocycles. The van der Waals surface area contributed by atoms with E-state index in [1.807, 2.05) is 26.0 Å². The molecule has 0 atom stereocenters. The molecule has 13 heavy (non-hydrogen) atoms. The highest BCUT2D eigenvalue weighted by Crippen LogP contribution is 2.19. The zero-order valence-electron chi connectivity index (χ0n) is 8.79. The van der Waals surface area contributed by atoms with Gasteiger partial charge in [0.1, 0.15) is 5.75 Å². The summed E-state index contributed by atoms with van der Waals surface area (Å²) in [4.78, 5) is 4.47. The lowest BCUT2D eigenvalue weighted by Gasteiger charge is -2.09. The van der Waals surface area contributed by atoms with Gasteiger partial charge in [0.15, 0.2) is 0 Å². The zero-order chi connectivity index (χ0) is 9.84. The second-order valence-corrected chi connectivity index (χ2v) is 3.41. The van der Waals surface area contributed by atoms with E-state index < -0.39 is 0 Å². The van der Waals surface area contributed by atoms with E-state index in [0.717, 1.165) is 17.1 Å². The lowest BCUT2D eigenvalue weighted by atomic mass is 10.1. The van der Waals surface area contributed by atoms with Crippen LogP contribution in [0.4, 0.5) is 0 Å². The Morgan fingerprint density at radius 1 is 1.38 bits per heavy atom. The van der Waals surface area contributed by atoms with Gasteiger partial charge in [-0.25, -0.2) is 0 Å². The van der Waals surface area contributed by atoms with Crippen molar-refractivity contribution in [2.75, 3.05) is 6.61 Å². The molecule has 1 aromatic rings. The van der Waals surface area contributed by atoms with Gasteiger partial charge in [-0.2, -0.15) is 0 Å². The van der Waals surface area contributed by atoms with Gasteiger partial charge in [0, 0.05) is 5.69 Å². The largest absolute Gasteiger partial charge is 0.492 e. The minimum atomic E-state index is 0.481. The van der Waals surface area contributed by atoms with Gasteiger partial charge in [0.05, 0.1) is 12.3 Å². The number of hydrogen-bond donors (Lipinski definition) is 0. The van der Waals surface area contributed by atoms with Crippen LogP contribution in [0, 0.1) is 6.92 Å². The third-order valence-electron chi connectivity index (χ3n) is 1.95. The smallest absolute Gasteiger partial charge is 0.140 e. The summed E-state index contributed by atoms with van der Waals surface area (Å²) in [7, 11) is 0. The van der Waals surface area contributed by atoms with Gasteiger partial charge in [-0.15, -0.1) is 0 Å². The molecule has 0 amide bonds. The van der Waals surface area contributed by atoms with Crippen molar-refractivity contribution < 1.29 is 4.74 Å². The van der Waals surface area contributed by atoms with Crippen molar-refractivity contribution in [3.05, 3.63) is 23.5 Å². The van der Waals surface area contributed by atoms with E-state index in [9.17, 15) is 0 Å². The molecule has 0 unspecified atom stereocenters. The van der Waals surface area contributed by atoms with E-state index >= 15 is 0 Å². The van der Waals surface area contributed by atoms with Gasteiger partial charge in [-0.3, -0.25) is 4.98 Å². The summed E-state index contributed by atoms with van der Waals surface area (Å²) < 4.78 is 5.41. The first kappa shape index (κ1) is 10.0. The van der Waals surface area contributed by atoms with Crippen molar-refractivity contribution in [2.45, 2.75) is 33.6 Å². The van der Waals surface area contributed by atoms with Gasteiger partial charge in [-0.05, 0) is 31.9 Å². The lowest BCUT2D eigenvalue weighted by Crippen LogP contribution is -1.99. The Morgan fingerprint density at radius 2 is 2.08 bits per heavy atom. The summed E-state index contributed by atoms with van der Waals surface area (Å²) in [6.45, 7) is 8.94. The third-order valence-corrected chi connectivity index (χ3v) is 1.95. The van der Waals surface area contributed by atoms with Crippen LogP contribution in [-0.2, 0) is 0 Å². The highest BCUT2D eigenvalue weighted by Gasteiger charge is 2.04. The monoisotopic (exact) mass is 179 g/mol. The highest BCUT2D eigenvalue weighted by atomic mass is 16.5. The van der Waals surface area contributed by atoms with Gasteiger partial charge in [-0.1, -0.05) is 13.8 Å². The Morgan fingerprint density at radius 3 is 2.54 bits per heavy atom. The zero-order valence-corrected chi connectivity index (χ0v) is 8.79. The number of pyridine rings is 1. The predicted molar refractivity (Wildman–Crippen MR) is 54.2 cm³/mol. The summed E-state index contributed by atoms with van der Waals surface area (Å²) in [6, 6.07) is 4.03. The van der Waals surface area contributed by atoms with Gasteiger partial charge in [0.25, 0.3) is 0 Å². The summed E-state index contributed by atoms with van der Waals surface area (Å²) in [5, 5.41) is 0. The number of hydrogen-bond acceptors (Lipinski definition) is 2. The SMILES string of the molecule is CCOc1ccc(C(C)C)nc1C. The first-order valence-corrected chi connectivity index (χ1v) is 4.75. The van der Waals surface area contributed by atoms with Crippen molar-refractivity contribution >= 4 is 0 Å². The first-order chi connectivity index (χ1) is 6.15. The van der Waals surface area contributed by atoms with E-state index in [1.165, 1.54) is 0 Å². The van der Waals surface area contributed by atoms with E-state index in [-0.39, 0.29) is 0 Å². The molecule has 0 radical (unpaired) electrons. The summed E-state index contributed by atoms with van der Waals surface area (Å²) in [6.07, 6.45) is 0. The van der Waals surface area contributed by atoms with Crippen molar-refractivity contribution in [2.24, 2.45) is 0 Å². The summed E-state index contributed by atoms with van der Waals surface area (Å²) >= 11 is 0. The molecule has 0 N–H and O–H groups in total. The number of ether oxygens (including phenoxy) is 1. The Kier molecular flexibility index (Phi) is 3.29. The van der Waals surface area contributed by atoms with Crippen LogP contribution in [0.2, 0.25) is 0 Å². The molecule has 72 valence electrons. The fraction of sp³-hybridized carbons (Fsp3) is 0.545. The maximum atomic E-state index is 5.41. The molecule has 0 bridgehead atoms. The summed E-state index contributed by atoms with van der Waals surface area (Å²) in [5.41, 5.74) is 2.11. The molecule has 0 saturated carbocycles. The van der Waals surface area contributed by atoms with Gasteiger partial charge < -0.3 is 4.74 Å². The second-order valence-electron chi connectivity index (χ2n) is 3.41. The second kappa shape index (κ2) is 4.26. The Hall–Kier alpha value is -1.05. The van der Waals surface area contributed by atoms with Crippen LogP contribution in [0.3, 0.4) is 0 Å². The number of rotatable bonds is 3. The average Bonchev–Trinajstić information content (AvgIpc) is 2.08. The molecule has 0 aromatic carbocycles. The number of nitrogens with zero attached hydrogens (tertiary/aromatic N) is 1. The standard InChI is InChI=1S/C11H17NO/c1-5-13-11-7-6-10(8(2)3)12-9(11)4/h6-8H,5H2,1-4H3. The van der Waals surface area contributed by atoms with Crippen LogP contribution >= 0.6 is 0 Å². The van der Waals surface area contributed by atoms with Crippen LogP contribution in [0.1, 0.15) is 38.1 Å². The average molecular weight is 179 g/mol. The lowest BCUT2D eigenvalue weighted by molar-refractivity contribution is 0.336. The maximum absolute atomic E-state index is 5.41. The Balaban J connectivity index is 2.92. The third kappa shape index (κ3) is 2.44. The molecule has 1 rings (SSSR count). The molecule has 0 aliphatic heterocycles. The van der Waals surface area contributed by atoms with E-state index in [4.69, 9.17) is 4.74 Å². The molecule has 0 spiro atoms. The van der Waals surface area contributed by atoms with E-state index in [1.54, 1.807) is 0 Å².